The Bertz CT molecular complexity index is 909. The van der Waals surface area contributed by atoms with E-state index >= 15 is 0 Å². The molecule has 2 aliphatic heterocycles. The molecule has 0 aromatic heterocycles. The van der Waals surface area contributed by atoms with Crippen LogP contribution in [0.15, 0.2) is 36.4 Å². The highest BCUT2D eigenvalue weighted by atomic mass is 16.8. The van der Waals surface area contributed by atoms with E-state index in [4.69, 9.17) is 23.7 Å². The second kappa shape index (κ2) is 12.2. The number of aliphatic hydroxyl groups excluding tert-OH is 6. The maximum absolute atomic E-state index is 12.3. The summed E-state index contributed by atoms with van der Waals surface area (Å²) in [6.07, 6.45) is -10.6. The lowest BCUT2D eigenvalue weighted by atomic mass is 9.99. The second-order valence-corrected chi connectivity index (χ2v) is 8.33. The van der Waals surface area contributed by atoms with Crippen molar-refractivity contribution in [2.24, 2.45) is 0 Å². The summed E-state index contributed by atoms with van der Waals surface area (Å²) in [6, 6.07) is 8.82. The van der Waals surface area contributed by atoms with Crippen LogP contribution in [0.25, 0.3) is 6.08 Å². The number of esters is 2. The number of ether oxygens (including phenoxy) is 5. The van der Waals surface area contributed by atoms with Gasteiger partial charge in [-0.25, -0.2) is 4.79 Å². The number of hydrogen-bond donors (Lipinski definition) is 6. The number of benzene rings is 1. The van der Waals surface area contributed by atoms with Crippen LogP contribution in [-0.4, -0.2) is 117 Å². The molecule has 3 rings (SSSR count). The van der Waals surface area contributed by atoms with Gasteiger partial charge in [-0.3, -0.25) is 4.79 Å². The first-order valence-electron chi connectivity index (χ1n) is 11.1. The van der Waals surface area contributed by atoms with E-state index in [9.17, 15) is 40.2 Å². The monoisotopic (exact) mass is 514 g/mol. The SMILES string of the molecule is CC(=O)OC[C@@H]1O[C@H](O[C@@]2(CO)O[C@H](CO)[C@@H](OC(=O)C=Cc3ccccc3)[C@@H]2O)[C@H](O)[C@@H](O)[C@@H]1O. The maximum Gasteiger partial charge on any atom is 0.331 e. The normalized spacial score (nSPS) is 36.6. The molecule has 0 unspecified atom stereocenters. The lowest BCUT2D eigenvalue weighted by molar-refractivity contribution is -0.383. The van der Waals surface area contributed by atoms with Gasteiger partial charge in [-0.1, -0.05) is 30.3 Å². The smallest absolute Gasteiger partial charge is 0.331 e. The zero-order chi connectivity index (χ0) is 26.5. The van der Waals surface area contributed by atoms with E-state index in [2.05, 4.69) is 0 Å². The Morgan fingerprint density at radius 1 is 1.03 bits per heavy atom. The molecule has 0 radical (unpaired) electrons. The highest BCUT2D eigenvalue weighted by Crippen LogP contribution is 2.37. The minimum atomic E-state index is -2.36. The van der Waals surface area contributed by atoms with Crippen LogP contribution in [0.3, 0.4) is 0 Å². The predicted molar refractivity (Wildman–Crippen MR) is 118 cm³/mol. The Hall–Kier alpha value is -2.46. The minimum Gasteiger partial charge on any atom is -0.463 e. The molecule has 36 heavy (non-hydrogen) atoms. The summed E-state index contributed by atoms with van der Waals surface area (Å²) in [5, 5.41) is 61.3. The van der Waals surface area contributed by atoms with Gasteiger partial charge in [-0.15, -0.1) is 0 Å². The molecular weight excluding hydrogens is 484 g/mol. The molecule has 0 aliphatic carbocycles. The van der Waals surface area contributed by atoms with Gasteiger partial charge < -0.3 is 54.3 Å². The third-order valence-electron chi connectivity index (χ3n) is 5.78. The third-order valence-corrected chi connectivity index (χ3v) is 5.78. The molecule has 0 saturated carbocycles. The number of carbonyl (C=O) groups is 2. The van der Waals surface area contributed by atoms with Crippen molar-refractivity contribution in [3.63, 3.8) is 0 Å². The van der Waals surface area contributed by atoms with Crippen molar-refractivity contribution in [2.75, 3.05) is 19.8 Å². The van der Waals surface area contributed by atoms with E-state index < -0.39 is 86.6 Å². The average molecular weight is 514 g/mol. The molecule has 1 aromatic rings. The summed E-state index contributed by atoms with van der Waals surface area (Å²) >= 11 is 0. The molecule has 1 aromatic carbocycles. The molecule has 0 amide bonds. The topological polar surface area (TPSA) is 202 Å². The summed E-state index contributed by atoms with van der Waals surface area (Å²) < 4.78 is 26.4. The van der Waals surface area contributed by atoms with E-state index in [1.807, 2.05) is 0 Å². The summed E-state index contributed by atoms with van der Waals surface area (Å²) in [6.45, 7) is -1.17. The maximum atomic E-state index is 12.3. The van der Waals surface area contributed by atoms with Crippen LogP contribution in [-0.2, 0) is 33.3 Å². The molecular formula is C23H30O13. The molecule has 0 spiro atoms. The van der Waals surface area contributed by atoms with Gasteiger partial charge in [0, 0.05) is 13.0 Å². The van der Waals surface area contributed by atoms with E-state index in [0.29, 0.717) is 5.56 Å². The third kappa shape index (κ3) is 6.26. The fourth-order valence-electron chi connectivity index (χ4n) is 3.84. The van der Waals surface area contributed by atoms with Gasteiger partial charge >= 0.3 is 11.9 Å². The summed E-state index contributed by atoms with van der Waals surface area (Å²) in [5.41, 5.74) is 0.705. The van der Waals surface area contributed by atoms with Gasteiger partial charge in [0.05, 0.1) is 6.61 Å². The first kappa shape index (κ1) is 28.1. The minimum absolute atomic E-state index is 0.497. The molecule has 13 heteroatoms. The Morgan fingerprint density at radius 3 is 2.33 bits per heavy atom. The highest BCUT2D eigenvalue weighted by molar-refractivity contribution is 5.87. The van der Waals surface area contributed by atoms with E-state index in [-0.39, 0.29) is 0 Å². The van der Waals surface area contributed by atoms with Crippen LogP contribution in [0.2, 0.25) is 0 Å². The molecule has 9 atom stereocenters. The van der Waals surface area contributed by atoms with Crippen molar-refractivity contribution in [2.45, 2.75) is 61.7 Å². The van der Waals surface area contributed by atoms with Crippen LogP contribution < -0.4 is 0 Å². The summed E-state index contributed by atoms with van der Waals surface area (Å²) in [7, 11) is 0. The van der Waals surface area contributed by atoms with Crippen LogP contribution in [0.1, 0.15) is 12.5 Å². The molecule has 200 valence electrons. The standard InChI is InChI=1S/C23H30O13/c1-12(26)32-10-15-17(28)18(29)19(30)22(33-15)36-23(11-25)21(31)20(14(9-24)35-23)34-16(27)8-7-13-5-3-2-4-6-13/h2-8,14-15,17-22,24-25,28-31H,9-11H2,1H3/t14-,15+,17-,18+,19-,20-,21+,22-,23-/m1/s1. The molecule has 2 saturated heterocycles. The average Bonchev–Trinajstić information content (AvgIpc) is 3.13. The van der Waals surface area contributed by atoms with Gasteiger partial charge in [-0.05, 0) is 11.6 Å². The molecule has 2 aliphatic rings. The molecule has 0 bridgehead atoms. The predicted octanol–water partition coefficient (Wildman–Crippen LogP) is -2.56. The fourth-order valence-corrected chi connectivity index (χ4v) is 3.84. The Labute approximate surface area is 206 Å². The van der Waals surface area contributed by atoms with E-state index in [0.717, 1.165) is 13.0 Å². The van der Waals surface area contributed by atoms with Gasteiger partial charge in [-0.2, -0.15) is 0 Å². The largest absolute Gasteiger partial charge is 0.463 e. The zero-order valence-electron chi connectivity index (χ0n) is 19.3. The van der Waals surface area contributed by atoms with Crippen LogP contribution in [0.4, 0.5) is 0 Å². The molecule has 6 N–H and O–H groups in total. The Balaban J connectivity index is 1.74. The zero-order valence-corrected chi connectivity index (χ0v) is 19.3. The second-order valence-electron chi connectivity index (χ2n) is 8.33. The van der Waals surface area contributed by atoms with Crippen LogP contribution in [0, 0.1) is 0 Å². The number of carbonyl (C=O) groups excluding carboxylic acids is 2. The fraction of sp³-hybridized carbons (Fsp3) is 0.565. The Kier molecular flexibility index (Phi) is 9.52. The van der Waals surface area contributed by atoms with Crippen molar-refractivity contribution >= 4 is 18.0 Å². The van der Waals surface area contributed by atoms with Crippen molar-refractivity contribution in [3.8, 4) is 0 Å². The molecule has 2 fully saturated rings. The first-order chi connectivity index (χ1) is 17.1. The van der Waals surface area contributed by atoms with Crippen molar-refractivity contribution < 1.29 is 63.9 Å². The van der Waals surface area contributed by atoms with E-state index in [1.165, 1.54) is 6.08 Å². The lowest BCUT2D eigenvalue weighted by Crippen LogP contribution is -2.63. The van der Waals surface area contributed by atoms with Crippen LogP contribution >= 0.6 is 0 Å². The first-order valence-corrected chi connectivity index (χ1v) is 11.1. The quantitative estimate of drug-likeness (QED) is 0.149. The van der Waals surface area contributed by atoms with Gasteiger partial charge in [0.2, 0.25) is 5.79 Å². The number of rotatable bonds is 9. The molecule has 2 heterocycles. The van der Waals surface area contributed by atoms with Crippen LogP contribution in [0.5, 0.6) is 0 Å². The van der Waals surface area contributed by atoms with Gasteiger partial charge in [0.1, 0.15) is 49.8 Å². The summed E-state index contributed by atoms with van der Waals surface area (Å²) in [5.74, 6) is -3.93. The van der Waals surface area contributed by atoms with E-state index in [1.54, 1.807) is 30.3 Å². The number of hydrogen-bond acceptors (Lipinski definition) is 13. The van der Waals surface area contributed by atoms with Crippen molar-refractivity contribution in [3.05, 3.63) is 42.0 Å². The van der Waals surface area contributed by atoms with Gasteiger partial charge in [0.25, 0.3) is 0 Å². The van der Waals surface area contributed by atoms with Gasteiger partial charge in [0.15, 0.2) is 12.4 Å². The number of aliphatic hydroxyl groups is 6. The van der Waals surface area contributed by atoms with Crippen molar-refractivity contribution in [1.82, 2.24) is 0 Å². The summed E-state index contributed by atoms with van der Waals surface area (Å²) in [4.78, 5) is 23.4. The Morgan fingerprint density at radius 2 is 1.72 bits per heavy atom. The lowest BCUT2D eigenvalue weighted by Gasteiger charge is -2.43. The molecule has 13 nitrogen and oxygen atoms in total. The van der Waals surface area contributed by atoms with Crippen molar-refractivity contribution in [1.29, 1.82) is 0 Å². The highest BCUT2D eigenvalue weighted by Gasteiger charge is 2.60.